The van der Waals surface area contributed by atoms with Gasteiger partial charge in [0.25, 0.3) is 17.4 Å². The van der Waals surface area contributed by atoms with Crippen molar-refractivity contribution in [2.45, 2.75) is 38.5 Å². The molecule has 2 N–H and O–H groups in total. The van der Waals surface area contributed by atoms with E-state index in [4.69, 9.17) is 10.5 Å². The topological polar surface area (TPSA) is 145 Å². The number of nitrogens with two attached hydrogens (primary N) is 1. The van der Waals surface area contributed by atoms with Gasteiger partial charge in [0.15, 0.2) is 11.5 Å². The van der Waals surface area contributed by atoms with Gasteiger partial charge in [0.2, 0.25) is 0 Å². The minimum absolute atomic E-state index is 0.0188. The van der Waals surface area contributed by atoms with Crippen molar-refractivity contribution >= 4 is 35.1 Å². The summed E-state index contributed by atoms with van der Waals surface area (Å²) in [7, 11) is 0. The van der Waals surface area contributed by atoms with E-state index >= 15 is 0 Å². The van der Waals surface area contributed by atoms with Crippen LogP contribution in [0, 0.1) is 5.82 Å². The smallest absolute Gasteiger partial charge is 0.345 e. The molecule has 1 fully saturated rings. The number of nitrogens with zero attached hydrogens (tertiary/aromatic N) is 6. The van der Waals surface area contributed by atoms with Crippen LogP contribution in [0.1, 0.15) is 62.4 Å². The summed E-state index contributed by atoms with van der Waals surface area (Å²) in [6, 6.07) is 8.27. The Kier molecular flexibility index (Phi) is 7.12. The van der Waals surface area contributed by atoms with E-state index in [1.54, 1.807) is 42.2 Å². The number of esters is 1. The van der Waals surface area contributed by atoms with E-state index in [0.717, 1.165) is 17.2 Å². The second kappa shape index (κ2) is 10.9. The van der Waals surface area contributed by atoms with Crippen LogP contribution < -0.4 is 16.2 Å². The molecular weight excluding hydrogens is 564 g/mol. The number of carbonyl (C=O) groups is 3. The van der Waals surface area contributed by atoms with Crippen molar-refractivity contribution < 1.29 is 27.9 Å². The Hall–Kier alpha value is -5.14. The van der Waals surface area contributed by atoms with Crippen LogP contribution in [0.2, 0.25) is 0 Å². The number of carbonyl (C=O) groups excluding carboxylic acids is 3. The van der Waals surface area contributed by atoms with Crippen LogP contribution in [0.3, 0.4) is 0 Å². The predicted octanol–water partition coefficient (Wildman–Crippen LogP) is 2.76. The van der Waals surface area contributed by atoms with Gasteiger partial charge in [-0.2, -0.15) is 0 Å². The number of nitrogen functional groups attached to an aromatic ring is 1. The van der Waals surface area contributed by atoms with Crippen molar-refractivity contribution in [2.24, 2.45) is 0 Å². The van der Waals surface area contributed by atoms with Crippen LogP contribution in [0.5, 0.6) is 0 Å². The van der Waals surface area contributed by atoms with Crippen molar-refractivity contribution in [3.8, 4) is 0 Å². The van der Waals surface area contributed by atoms with Gasteiger partial charge in [-0.3, -0.25) is 19.3 Å². The molecule has 0 spiro atoms. The third kappa shape index (κ3) is 4.87. The number of pyridine rings is 1. The average molecular weight is 592 g/mol. The molecule has 0 unspecified atom stereocenters. The fourth-order valence-corrected chi connectivity index (χ4v) is 5.70. The molecule has 2 amide bonds. The Labute approximate surface area is 243 Å². The van der Waals surface area contributed by atoms with E-state index in [1.807, 2.05) is 0 Å². The van der Waals surface area contributed by atoms with Gasteiger partial charge in [-0.25, -0.2) is 23.1 Å². The van der Waals surface area contributed by atoms with Gasteiger partial charge in [-0.05, 0) is 37.6 Å². The van der Waals surface area contributed by atoms with E-state index in [2.05, 4.69) is 10.1 Å². The van der Waals surface area contributed by atoms with Crippen molar-refractivity contribution in [1.82, 2.24) is 24.1 Å². The largest absolute Gasteiger partial charge is 0.462 e. The summed E-state index contributed by atoms with van der Waals surface area (Å²) in [5.41, 5.74) is 6.12. The summed E-state index contributed by atoms with van der Waals surface area (Å²) < 4.78 is 37.3. The predicted molar refractivity (Wildman–Crippen MR) is 150 cm³/mol. The molecule has 2 aliphatic heterocycles. The summed E-state index contributed by atoms with van der Waals surface area (Å²) in [5, 5.41) is 4.08. The molecule has 1 aromatic carbocycles. The molecular formula is C29H27F2N7O5. The zero-order valence-corrected chi connectivity index (χ0v) is 23.1. The third-order valence-corrected chi connectivity index (χ3v) is 7.62. The van der Waals surface area contributed by atoms with Crippen molar-refractivity contribution in [1.29, 1.82) is 0 Å². The van der Waals surface area contributed by atoms with Crippen LogP contribution in [0.25, 0.3) is 5.65 Å². The monoisotopic (exact) mass is 591 g/mol. The molecule has 0 saturated carbocycles. The first kappa shape index (κ1) is 28.0. The first-order valence-corrected chi connectivity index (χ1v) is 13.8. The van der Waals surface area contributed by atoms with Crippen molar-refractivity contribution in [3.05, 3.63) is 87.2 Å². The summed E-state index contributed by atoms with van der Waals surface area (Å²) in [4.78, 5) is 58.5. The molecule has 4 aromatic rings. The maximum atomic E-state index is 14.9. The summed E-state index contributed by atoms with van der Waals surface area (Å²) in [6.07, 6.45) is 1.32. The molecule has 0 radical (unpaired) electrons. The number of amides is 2. The van der Waals surface area contributed by atoms with Crippen LogP contribution in [0.15, 0.2) is 53.6 Å². The van der Waals surface area contributed by atoms with E-state index in [1.165, 1.54) is 15.3 Å². The van der Waals surface area contributed by atoms with Gasteiger partial charge >= 0.3 is 5.97 Å². The molecule has 43 heavy (non-hydrogen) atoms. The van der Waals surface area contributed by atoms with E-state index in [0.29, 0.717) is 11.1 Å². The Balaban J connectivity index is 1.26. The lowest BCUT2D eigenvalue weighted by Gasteiger charge is -2.26. The van der Waals surface area contributed by atoms with Gasteiger partial charge in [0, 0.05) is 37.5 Å². The number of ether oxygens (including phenoxy) is 1. The van der Waals surface area contributed by atoms with E-state index in [-0.39, 0.29) is 67.5 Å². The maximum absolute atomic E-state index is 14.9. The first-order chi connectivity index (χ1) is 20.7. The number of aromatic nitrogens is 4. The van der Waals surface area contributed by atoms with Crippen molar-refractivity contribution in [3.63, 3.8) is 0 Å². The second-order valence-corrected chi connectivity index (χ2v) is 10.3. The molecule has 2 atom stereocenters. The molecule has 1 saturated heterocycles. The zero-order valence-electron chi connectivity index (χ0n) is 23.1. The lowest BCUT2D eigenvalue weighted by atomic mass is 10.1. The number of aryl methyl sites for hydroxylation is 1. The molecule has 5 heterocycles. The highest BCUT2D eigenvalue weighted by molar-refractivity contribution is 6.21. The summed E-state index contributed by atoms with van der Waals surface area (Å²) in [6.45, 7) is 1.68. The second-order valence-electron chi connectivity index (χ2n) is 10.3. The highest BCUT2D eigenvalue weighted by Gasteiger charge is 2.37. The Morgan fingerprint density at radius 1 is 1.12 bits per heavy atom. The molecule has 2 aliphatic rings. The number of alkyl halides is 1. The SMILES string of the molecule is CCOC(=O)c1c(N)nn2ccc(N3C[C@@H](F)C[C@@H]3c3cc(F)cn(CCCN4C(=O)c5ccccc5C4=O)c3=O)nc12. The molecule has 12 nitrogen and oxygen atoms in total. The van der Waals surface area contributed by atoms with Crippen molar-refractivity contribution in [2.75, 3.05) is 30.3 Å². The van der Waals surface area contributed by atoms with Crippen LogP contribution in [-0.4, -0.2) is 67.7 Å². The molecule has 3 aromatic heterocycles. The minimum atomic E-state index is -1.34. The lowest BCUT2D eigenvalue weighted by molar-refractivity contribution is 0.0528. The zero-order chi connectivity index (χ0) is 30.4. The van der Waals surface area contributed by atoms with Gasteiger partial charge in [-0.15, -0.1) is 5.10 Å². The van der Waals surface area contributed by atoms with Crippen LogP contribution >= 0.6 is 0 Å². The first-order valence-electron chi connectivity index (χ1n) is 13.8. The van der Waals surface area contributed by atoms with Gasteiger partial charge in [0.05, 0.1) is 30.3 Å². The fraction of sp³-hybridized carbons (Fsp3) is 0.310. The minimum Gasteiger partial charge on any atom is -0.462 e. The van der Waals surface area contributed by atoms with Crippen LogP contribution in [0.4, 0.5) is 20.4 Å². The number of rotatable bonds is 8. The average Bonchev–Trinajstić information content (AvgIpc) is 3.61. The third-order valence-electron chi connectivity index (χ3n) is 7.62. The molecule has 222 valence electrons. The molecule has 6 rings (SSSR count). The van der Waals surface area contributed by atoms with E-state index in [9.17, 15) is 28.0 Å². The number of hydrogen-bond donors (Lipinski definition) is 1. The van der Waals surface area contributed by atoms with E-state index < -0.39 is 41.4 Å². The van der Waals surface area contributed by atoms with Gasteiger partial charge in [0.1, 0.15) is 23.4 Å². The molecule has 0 aliphatic carbocycles. The van der Waals surface area contributed by atoms with Gasteiger partial charge in [-0.1, -0.05) is 12.1 Å². The Morgan fingerprint density at radius 2 is 1.84 bits per heavy atom. The highest BCUT2D eigenvalue weighted by atomic mass is 19.1. The van der Waals surface area contributed by atoms with Gasteiger partial charge < -0.3 is 19.9 Å². The Bertz CT molecular complexity index is 1800. The number of benzene rings is 1. The maximum Gasteiger partial charge on any atom is 0.345 e. The quantitative estimate of drug-likeness (QED) is 0.242. The number of hydrogen-bond acceptors (Lipinski definition) is 9. The Morgan fingerprint density at radius 3 is 2.53 bits per heavy atom. The lowest BCUT2D eigenvalue weighted by Crippen LogP contribution is -2.34. The van der Waals surface area contributed by atoms with Crippen LogP contribution in [-0.2, 0) is 11.3 Å². The standard InChI is InChI=1S/C29H27F2N7O5/c1-2-43-29(42)23-24(32)34-38-11-8-22(33-25(23)38)37-15-17(31)13-21(37)20-12-16(30)14-35(26(20)39)9-5-10-36-27(40)18-6-3-4-7-19(18)28(36)41/h3-4,6-8,11-12,14,17,21H,2,5,9-10,13,15H2,1H3,(H2,32,34)/t17-,21+/m0/s1. The number of anilines is 2. The molecule has 0 bridgehead atoms. The highest BCUT2D eigenvalue weighted by Crippen LogP contribution is 2.36. The number of halogens is 2. The molecule has 14 heteroatoms. The fourth-order valence-electron chi connectivity index (χ4n) is 5.70. The summed E-state index contributed by atoms with van der Waals surface area (Å²) in [5.74, 6) is -2.09. The number of imide groups is 1. The summed E-state index contributed by atoms with van der Waals surface area (Å²) >= 11 is 0. The number of fused-ring (bicyclic) bond motifs is 2. The normalized spacial score (nSPS) is 18.1.